The first-order valence-electron chi connectivity index (χ1n) is 10.00. The van der Waals surface area contributed by atoms with Gasteiger partial charge in [0.05, 0.1) is 12.1 Å². The normalized spacial score (nSPS) is 34.2. The van der Waals surface area contributed by atoms with Crippen molar-refractivity contribution in [3.63, 3.8) is 0 Å². The van der Waals surface area contributed by atoms with Crippen molar-refractivity contribution < 1.29 is 0 Å². The van der Waals surface area contributed by atoms with Crippen LogP contribution in [0.4, 0.5) is 0 Å². The molecule has 0 amide bonds. The Labute approximate surface area is 145 Å². The summed E-state index contributed by atoms with van der Waals surface area (Å²) in [5.41, 5.74) is 8.63. The van der Waals surface area contributed by atoms with Gasteiger partial charge in [-0.25, -0.2) is 0 Å². The average molecular weight is 320 g/mol. The molecule has 0 spiro atoms. The Morgan fingerprint density at radius 3 is 1.54 bits per heavy atom. The van der Waals surface area contributed by atoms with E-state index in [4.69, 9.17) is 9.98 Å². The predicted octanol–water partition coefficient (Wildman–Crippen LogP) is 5.38. The second kappa shape index (κ2) is 5.54. The molecular formula is C22H28N2. The van der Waals surface area contributed by atoms with Crippen LogP contribution in [0.5, 0.6) is 0 Å². The topological polar surface area (TPSA) is 24.7 Å². The van der Waals surface area contributed by atoms with Gasteiger partial charge in [-0.3, -0.25) is 9.98 Å². The standard InChI is InChI=1S/C22H28N2/c1-13-17-11-20-16-8-4-6-10-22(16)24-14(2)18(20)12-19(17)15-7-3-5-9-21(15)23-13/h11-12,15-16,21-22H,3-10H2,1-2H3. The van der Waals surface area contributed by atoms with Crippen LogP contribution in [-0.4, -0.2) is 23.5 Å². The number of fused-ring (bicyclic) bond motifs is 6. The van der Waals surface area contributed by atoms with Crippen LogP contribution in [0.3, 0.4) is 0 Å². The molecule has 126 valence electrons. The molecule has 0 aromatic heterocycles. The van der Waals surface area contributed by atoms with Gasteiger partial charge in [-0.15, -0.1) is 0 Å². The largest absolute Gasteiger partial charge is 0.285 e. The van der Waals surface area contributed by atoms with E-state index in [0.717, 1.165) is 0 Å². The molecule has 2 nitrogen and oxygen atoms in total. The van der Waals surface area contributed by atoms with Crippen LogP contribution in [0.2, 0.25) is 0 Å². The van der Waals surface area contributed by atoms with Crippen LogP contribution >= 0.6 is 0 Å². The fourth-order valence-corrected chi connectivity index (χ4v) is 5.77. The summed E-state index contributed by atoms with van der Waals surface area (Å²) in [6.45, 7) is 4.47. The molecule has 4 unspecified atom stereocenters. The highest BCUT2D eigenvalue weighted by Gasteiger charge is 2.36. The van der Waals surface area contributed by atoms with Gasteiger partial charge in [-0.2, -0.15) is 0 Å². The first-order valence-corrected chi connectivity index (χ1v) is 10.00. The zero-order valence-electron chi connectivity index (χ0n) is 15.0. The van der Waals surface area contributed by atoms with Crippen molar-refractivity contribution in [2.75, 3.05) is 0 Å². The maximum atomic E-state index is 5.10. The summed E-state index contributed by atoms with van der Waals surface area (Å²) in [7, 11) is 0. The smallest absolute Gasteiger partial charge is 0.0571 e. The molecule has 0 N–H and O–H groups in total. The number of nitrogens with zero attached hydrogens (tertiary/aromatic N) is 2. The van der Waals surface area contributed by atoms with Crippen LogP contribution in [0, 0.1) is 0 Å². The summed E-state index contributed by atoms with van der Waals surface area (Å²) < 4.78 is 0. The third-order valence-electron chi connectivity index (χ3n) is 6.98. The SMILES string of the molecule is CC1=NC2CCCCC2c2cc3c(cc21)C1CCCCC1N=C3C. The molecule has 4 atom stereocenters. The maximum Gasteiger partial charge on any atom is 0.0571 e. The van der Waals surface area contributed by atoms with Crippen molar-refractivity contribution in [2.45, 2.75) is 89.1 Å². The van der Waals surface area contributed by atoms with E-state index in [1.54, 1.807) is 11.1 Å². The van der Waals surface area contributed by atoms with Crippen LogP contribution < -0.4 is 0 Å². The summed E-state index contributed by atoms with van der Waals surface area (Å²) in [5.74, 6) is 1.30. The van der Waals surface area contributed by atoms with E-state index < -0.39 is 0 Å². The molecule has 2 aliphatic carbocycles. The molecule has 1 aromatic carbocycles. The molecular weight excluding hydrogens is 292 g/mol. The van der Waals surface area contributed by atoms with E-state index in [1.165, 1.54) is 73.9 Å². The summed E-state index contributed by atoms with van der Waals surface area (Å²) in [4.78, 5) is 10.2. The van der Waals surface area contributed by atoms with Gasteiger partial charge >= 0.3 is 0 Å². The summed E-state index contributed by atoms with van der Waals surface area (Å²) in [6, 6.07) is 6.12. The lowest BCUT2D eigenvalue weighted by molar-refractivity contribution is 0.377. The average Bonchev–Trinajstić information content (AvgIpc) is 2.61. The number of hydrogen-bond donors (Lipinski definition) is 0. The summed E-state index contributed by atoms with van der Waals surface area (Å²) in [5, 5.41) is 0. The third-order valence-corrected chi connectivity index (χ3v) is 6.98. The molecule has 2 heteroatoms. The minimum Gasteiger partial charge on any atom is -0.285 e. The number of hydrogen-bond acceptors (Lipinski definition) is 2. The first-order chi connectivity index (χ1) is 11.7. The lowest BCUT2D eigenvalue weighted by Crippen LogP contribution is -2.32. The van der Waals surface area contributed by atoms with Crippen molar-refractivity contribution in [1.29, 1.82) is 0 Å². The molecule has 2 saturated carbocycles. The van der Waals surface area contributed by atoms with Crippen LogP contribution in [-0.2, 0) is 0 Å². The number of benzene rings is 1. The van der Waals surface area contributed by atoms with Crippen molar-refractivity contribution >= 4 is 11.4 Å². The van der Waals surface area contributed by atoms with E-state index in [-0.39, 0.29) is 0 Å². The molecule has 2 heterocycles. The lowest BCUT2D eigenvalue weighted by atomic mass is 9.71. The van der Waals surface area contributed by atoms with Gasteiger partial charge < -0.3 is 0 Å². The molecule has 0 radical (unpaired) electrons. The third kappa shape index (κ3) is 2.14. The fourth-order valence-electron chi connectivity index (χ4n) is 5.77. The highest BCUT2D eigenvalue weighted by atomic mass is 14.8. The zero-order chi connectivity index (χ0) is 16.3. The Morgan fingerprint density at radius 2 is 1.08 bits per heavy atom. The van der Waals surface area contributed by atoms with Gasteiger partial charge in [-0.1, -0.05) is 25.7 Å². The fraction of sp³-hybridized carbons (Fsp3) is 0.636. The second-order valence-corrected chi connectivity index (χ2v) is 8.37. The van der Waals surface area contributed by atoms with Crippen molar-refractivity contribution in [1.82, 2.24) is 0 Å². The van der Waals surface area contributed by atoms with Gasteiger partial charge in [-0.05, 0) is 73.9 Å². The van der Waals surface area contributed by atoms with Crippen LogP contribution in [0.25, 0.3) is 0 Å². The van der Waals surface area contributed by atoms with Crippen molar-refractivity contribution in [3.8, 4) is 0 Å². The lowest BCUT2D eigenvalue weighted by Gasteiger charge is -2.39. The van der Waals surface area contributed by atoms with Crippen molar-refractivity contribution in [2.24, 2.45) is 9.98 Å². The number of aliphatic imine (C=N–C) groups is 2. The summed E-state index contributed by atoms with van der Waals surface area (Å²) in [6.07, 6.45) is 10.6. The Hall–Kier alpha value is -1.44. The van der Waals surface area contributed by atoms with Gasteiger partial charge in [0.15, 0.2) is 0 Å². The van der Waals surface area contributed by atoms with E-state index in [0.29, 0.717) is 23.9 Å². The first kappa shape index (κ1) is 14.9. The molecule has 2 aliphatic heterocycles. The molecule has 0 bridgehead atoms. The molecule has 5 rings (SSSR count). The molecule has 2 fully saturated rings. The van der Waals surface area contributed by atoms with Gasteiger partial charge in [0, 0.05) is 23.3 Å². The zero-order valence-corrected chi connectivity index (χ0v) is 15.0. The Balaban J connectivity index is 1.67. The maximum absolute atomic E-state index is 5.10. The van der Waals surface area contributed by atoms with Crippen LogP contribution in [0.15, 0.2) is 22.1 Å². The molecule has 4 aliphatic rings. The Kier molecular flexibility index (Phi) is 3.43. The van der Waals surface area contributed by atoms with E-state index in [1.807, 2.05) is 0 Å². The van der Waals surface area contributed by atoms with Gasteiger partial charge in [0.25, 0.3) is 0 Å². The van der Waals surface area contributed by atoms with Gasteiger partial charge in [0.1, 0.15) is 0 Å². The molecule has 0 saturated heterocycles. The Bertz CT molecular complexity index is 679. The molecule has 1 aromatic rings. The van der Waals surface area contributed by atoms with E-state index >= 15 is 0 Å². The highest BCUT2D eigenvalue weighted by Crippen LogP contribution is 2.45. The van der Waals surface area contributed by atoms with Gasteiger partial charge in [0.2, 0.25) is 0 Å². The minimum atomic E-state index is 0.535. The summed E-state index contributed by atoms with van der Waals surface area (Å²) >= 11 is 0. The highest BCUT2D eigenvalue weighted by molar-refractivity contribution is 6.06. The number of rotatable bonds is 0. The quantitative estimate of drug-likeness (QED) is 0.613. The van der Waals surface area contributed by atoms with Crippen molar-refractivity contribution in [3.05, 3.63) is 34.4 Å². The Morgan fingerprint density at radius 1 is 0.667 bits per heavy atom. The second-order valence-electron chi connectivity index (χ2n) is 8.37. The predicted molar refractivity (Wildman–Crippen MR) is 101 cm³/mol. The van der Waals surface area contributed by atoms with E-state index in [9.17, 15) is 0 Å². The monoisotopic (exact) mass is 320 g/mol. The molecule has 24 heavy (non-hydrogen) atoms. The minimum absolute atomic E-state index is 0.535. The van der Waals surface area contributed by atoms with Crippen LogP contribution in [0.1, 0.15) is 99.3 Å². The van der Waals surface area contributed by atoms with E-state index in [2.05, 4.69) is 26.0 Å².